The van der Waals surface area contributed by atoms with Crippen LogP contribution in [0.3, 0.4) is 0 Å². The fourth-order valence-electron chi connectivity index (χ4n) is 3.00. The van der Waals surface area contributed by atoms with Crippen molar-refractivity contribution in [3.63, 3.8) is 0 Å². The number of hydrogen-bond donors (Lipinski definition) is 2. The van der Waals surface area contributed by atoms with Gasteiger partial charge in [-0.3, -0.25) is 10.1 Å². The van der Waals surface area contributed by atoms with Crippen molar-refractivity contribution >= 4 is 11.4 Å². The van der Waals surface area contributed by atoms with Crippen LogP contribution in [-0.4, -0.2) is 22.2 Å². The van der Waals surface area contributed by atoms with Gasteiger partial charge in [-0.2, -0.15) is 0 Å². The van der Waals surface area contributed by atoms with Crippen molar-refractivity contribution in [1.29, 1.82) is 0 Å². The summed E-state index contributed by atoms with van der Waals surface area (Å²) in [4.78, 5) is 10.6. The normalized spacial score (nSPS) is 26.2. The van der Waals surface area contributed by atoms with E-state index in [2.05, 4.69) is 12.2 Å². The highest BCUT2D eigenvalue weighted by molar-refractivity contribution is 5.62. The molecule has 2 rings (SSSR count). The summed E-state index contributed by atoms with van der Waals surface area (Å²) in [6.45, 7) is 4.40. The molecule has 5 heteroatoms. The number of rotatable bonds is 4. The minimum atomic E-state index is -0.755. The van der Waals surface area contributed by atoms with Crippen LogP contribution in [0.5, 0.6) is 0 Å². The Bertz CT molecular complexity index is 504. The molecule has 5 nitrogen and oxygen atoms in total. The number of hydrogen-bond acceptors (Lipinski definition) is 4. The summed E-state index contributed by atoms with van der Waals surface area (Å²) in [7, 11) is 0. The molecule has 20 heavy (non-hydrogen) atoms. The first-order valence-electron chi connectivity index (χ1n) is 7.11. The summed E-state index contributed by atoms with van der Waals surface area (Å²) in [5.74, 6) is 0.503. The second-order valence-electron chi connectivity index (χ2n) is 6.06. The highest BCUT2D eigenvalue weighted by atomic mass is 16.6. The lowest BCUT2D eigenvalue weighted by molar-refractivity contribution is -0.384. The van der Waals surface area contributed by atoms with E-state index in [-0.39, 0.29) is 5.69 Å². The van der Waals surface area contributed by atoms with Crippen LogP contribution in [0.15, 0.2) is 18.2 Å². The van der Waals surface area contributed by atoms with Gasteiger partial charge in [0, 0.05) is 12.6 Å². The fourth-order valence-corrected chi connectivity index (χ4v) is 3.00. The van der Waals surface area contributed by atoms with Crippen LogP contribution >= 0.6 is 0 Å². The Balaban J connectivity index is 2.10. The fraction of sp³-hybridized carbons (Fsp3) is 0.600. The van der Waals surface area contributed by atoms with Gasteiger partial charge in [0.1, 0.15) is 5.69 Å². The largest absolute Gasteiger partial charge is 0.388 e. The van der Waals surface area contributed by atoms with Gasteiger partial charge in [-0.15, -0.1) is 0 Å². The molecule has 2 N–H and O–H groups in total. The number of anilines is 1. The van der Waals surface area contributed by atoms with Gasteiger partial charge in [0.2, 0.25) is 0 Å². The van der Waals surface area contributed by atoms with Gasteiger partial charge in [0.15, 0.2) is 0 Å². The van der Waals surface area contributed by atoms with Gasteiger partial charge >= 0.3 is 0 Å². The van der Waals surface area contributed by atoms with Crippen LogP contribution in [0.4, 0.5) is 11.4 Å². The van der Waals surface area contributed by atoms with Crippen LogP contribution in [0.1, 0.15) is 38.2 Å². The topological polar surface area (TPSA) is 75.4 Å². The van der Waals surface area contributed by atoms with E-state index in [0.29, 0.717) is 18.2 Å². The molecule has 1 aromatic rings. The van der Waals surface area contributed by atoms with Gasteiger partial charge in [0.25, 0.3) is 5.69 Å². The lowest BCUT2D eigenvalue weighted by atomic mass is 9.79. The zero-order valence-electron chi connectivity index (χ0n) is 12.1. The molecule has 0 radical (unpaired) electrons. The Kier molecular flexibility index (Phi) is 4.28. The van der Waals surface area contributed by atoms with Crippen LogP contribution < -0.4 is 5.32 Å². The second-order valence-corrected chi connectivity index (χ2v) is 6.06. The maximum absolute atomic E-state index is 11.0. The van der Waals surface area contributed by atoms with E-state index in [4.69, 9.17) is 0 Å². The van der Waals surface area contributed by atoms with Gasteiger partial charge < -0.3 is 10.4 Å². The maximum Gasteiger partial charge on any atom is 0.292 e. The Morgan fingerprint density at radius 3 is 2.95 bits per heavy atom. The van der Waals surface area contributed by atoms with Crippen molar-refractivity contribution in [2.24, 2.45) is 5.92 Å². The molecule has 1 saturated carbocycles. The number of aliphatic hydroxyl groups is 1. The van der Waals surface area contributed by atoms with E-state index in [1.54, 1.807) is 12.1 Å². The molecule has 0 saturated heterocycles. The van der Waals surface area contributed by atoms with Gasteiger partial charge in [-0.05, 0) is 37.3 Å². The van der Waals surface area contributed by atoms with E-state index in [0.717, 1.165) is 31.2 Å². The minimum absolute atomic E-state index is 0.0584. The first-order chi connectivity index (χ1) is 9.39. The SMILES string of the molecule is Cc1ccc([N+](=O)[O-])c(NCC2(O)CCCC(C)C2)c1. The van der Waals surface area contributed by atoms with E-state index < -0.39 is 10.5 Å². The number of nitrogens with zero attached hydrogens (tertiary/aromatic N) is 1. The summed E-state index contributed by atoms with van der Waals surface area (Å²) in [6, 6.07) is 4.99. The molecule has 1 aliphatic rings. The van der Waals surface area contributed by atoms with Gasteiger partial charge in [-0.25, -0.2) is 0 Å². The summed E-state index contributed by atoms with van der Waals surface area (Å²) in [6.07, 6.45) is 3.66. The molecule has 1 fully saturated rings. The Labute approximate surface area is 119 Å². The zero-order valence-corrected chi connectivity index (χ0v) is 12.1. The quantitative estimate of drug-likeness (QED) is 0.654. The molecule has 2 unspecified atom stereocenters. The van der Waals surface area contributed by atoms with E-state index in [1.165, 1.54) is 6.07 Å². The second kappa shape index (κ2) is 5.79. The summed E-state index contributed by atoms with van der Waals surface area (Å²) >= 11 is 0. The molecule has 0 heterocycles. The van der Waals surface area contributed by atoms with Crippen molar-refractivity contribution in [1.82, 2.24) is 0 Å². The van der Waals surface area contributed by atoms with Crippen LogP contribution in [0.25, 0.3) is 0 Å². The lowest BCUT2D eigenvalue weighted by Gasteiger charge is -2.35. The molecule has 0 bridgehead atoms. The monoisotopic (exact) mass is 278 g/mol. The minimum Gasteiger partial charge on any atom is -0.388 e. The molecule has 110 valence electrons. The number of nitro benzene ring substituents is 1. The van der Waals surface area contributed by atoms with E-state index >= 15 is 0 Å². The molecule has 0 spiro atoms. The molecular weight excluding hydrogens is 256 g/mol. The van der Waals surface area contributed by atoms with Crippen molar-refractivity contribution in [2.75, 3.05) is 11.9 Å². The van der Waals surface area contributed by atoms with Crippen LogP contribution in [0.2, 0.25) is 0 Å². The van der Waals surface area contributed by atoms with Crippen LogP contribution in [-0.2, 0) is 0 Å². The molecule has 0 aliphatic heterocycles. The number of benzene rings is 1. The summed E-state index contributed by atoms with van der Waals surface area (Å²) in [5, 5.41) is 24.7. The van der Waals surface area contributed by atoms with E-state index in [9.17, 15) is 15.2 Å². The third-order valence-electron chi connectivity index (χ3n) is 4.02. The highest BCUT2D eigenvalue weighted by Gasteiger charge is 2.32. The summed E-state index contributed by atoms with van der Waals surface area (Å²) < 4.78 is 0. The molecule has 1 aliphatic carbocycles. The van der Waals surface area contributed by atoms with Gasteiger partial charge in [-0.1, -0.05) is 25.8 Å². The molecule has 0 aromatic heterocycles. The Morgan fingerprint density at radius 1 is 1.55 bits per heavy atom. The predicted molar refractivity (Wildman–Crippen MR) is 78.9 cm³/mol. The third kappa shape index (κ3) is 3.48. The maximum atomic E-state index is 11.0. The van der Waals surface area contributed by atoms with Crippen molar-refractivity contribution in [3.05, 3.63) is 33.9 Å². The van der Waals surface area contributed by atoms with Crippen LogP contribution in [0, 0.1) is 23.0 Å². The smallest absolute Gasteiger partial charge is 0.292 e. The average molecular weight is 278 g/mol. The molecule has 2 atom stereocenters. The Hall–Kier alpha value is -1.62. The number of nitro groups is 1. The molecule has 0 amide bonds. The number of aryl methyl sites for hydroxylation is 1. The lowest BCUT2D eigenvalue weighted by Crippen LogP contribution is -2.41. The van der Waals surface area contributed by atoms with Gasteiger partial charge in [0.05, 0.1) is 10.5 Å². The third-order valence-corrected chi connectivity index (χ3v) is 4.02. The van der Waals surface area contributed by atoms with E-state index in [1.807, 2.05) is 6.92 Å². The van der Waals surface area contributed by atoms with Crippen molar-refractivity contribution in [3.8, 4) is 0 Å². The highest BCUT2D eigenvalue weighted by Crippen LogP contribution is 2.33. The number of nitrogens with one attached hydrogen (secondary N) is 1. The first kappa shape index (κ1) is 14.8. The zero-order chi connectivity index (χ0) is 14.8. The molecule has 1 aromatic carbocycles. The summed E-state index contributed by atoms with van der Waals surface area (Å²) in [5.41, 5.74) is 0.752. The first-order valence-corrected chi connectivity index (χ1v) is 7.11. The Morgan fingerprint density at radius 2 is 2.30 bits per heavy atom. The predicted octanol–water partition coefficient (Wildman–Crippen LogP) is 3.26. The average Bonchev–Trinajstić information content (AvgIpc) is 2.36. The molecular formula is C15H22N2O3. The van der Waals surface area contributed by atoms with Crippen molar-refractivity contribution < 1.29 is 10.0 Å². The standard InChI is InChI=1S/C15H22N2O3/c1-11-5-6-14(17(19)20)13(8-11)16-10-15(18)7-3-4-12(2)9-15/h5-6,8,12,16,18H,3-4,7,9-10H2,1-2H3. The van der Waals surface area contributed by atoms with Crippen molar-refractivity contribution in [2.45, 2.75) is 45.1 Å².